The van der Waals surface area contributed by atoms with Gasteiger partial charge in [-0.1, -0.05) is 11.6 Å². The highest BCUT2D eigenvalue weighted by Crippen LogP contribution is 2.21. The molecule has 3 nitrogen and oxygen atoms in total. The third-order valence-corrected chi connectivity index (χ3v) is 2.38. The van der Waals surface area contributed by atoms with Gasteiger partial charge < -0.3 is 10.1 Å². The van der Waals surface area contributed by atoms with Gasteiger partial charge in [-0.2, -0.15) is 0 Å². The van der Waals surface area contributed by atoms with Gasteiger partial charge in [0.15, 0.2) is 6.10 Å². The number of carbonyl (C=O) groups excluding carboxylic acids is 1. The van der Waals surface area contributed by atoms with Gasteiger partial charge in [0.1, 0.15) is 11.6 Å². The minimum absolute atomic E-state index is 0.0224. The quantitative estimate of drug-likeness (QED) is 0.919. The molecule has 0 aliphatic rings. The predicted octanol–water partition coefficient (Wildman–Crippen LogP) is 3.16. The summed E-state index contributed by atoms with van der Waals surface area (Å²) in [5.41, 5.74) is -0.333. The molecule has 1 amide bonds. The Labute approximate surface area is 111 Å². The first kappa shape index (κ1) is 14.8. The van der Waals surface area contributed by atoms with Crippen molar-refractivity contribution in [2.75, 3.05) is 0 Å². The lowest BCUT2D eigenvalue weighted by Crippen LogP contribution is -2.46. The molecule has 0 aliphatic carbocycles. The maximum Gasteiger partial charge on any atom is 0.261 e. The van der Waals surface area contributed by atoms with Crippen LogP contribution in [0.4, 0.5) is 4.39 Å². The van der Waals surface area contributed by atoms with Crippen LogP contribution >= 0.6 is 11.6 Å². The number of carbonyl (C=O) groups is 1. The SMILES string of the molecule is CC(Oc1ccc(Cl)c(F)c1)C(=O)NC(C)(C)C. The second-order valence-electron chi connectivity index (χ2n) is 5.08. The van der Waals surface area contributed by atoms with E-state index in [1.54, 1.807) is 6.92 Å². The topological polar surface area (TPSA) is 38.3 Å². The van der Waals surface area contributed by atoms with Crippen molar-refractivity contribution >= 4 is 17.5 Å². The molecule has 0 radical (unpaired) electrons. The molecule has 0 fully saturated rings. The Morgan fingerprint density at radius 2 is 2.06 bits per heavy atom. The molecular formula is C13H17ClFNO2. The summed E-state index contributed by atoms with van der Waals surface area (Å²) in [7, 11) is 0. The van der Waals surface area contributed by atoms with Crippen molar-refractivity contribution in [1.29, 1.82) is 0 Å². The van der Waals surface area contributed by atoms with Gasteiger partial charge in [0.25, 0.3) is 5.91 Å². The highest BCUT2D eigenvalue weighted by Gasteiger charge is 2.20. The van der Waals surface area contributed by atoms with Gasteiger partial charge in [0.2, 0.25) is 0 Å². The Bertz CT molecular complexity index is 443. The third kappa shape index (κ3) is 4.53. The van der Waals surface area contributed by atoms with E-state index >= 15 is 0 Å². The van der Waals surface area contributed by atoms with E-state index in [2.05, 4.69) is 5.32 Å². The van der Waals surface area contributed by atoms with Crippen molar-refractivity contribution in [1.82, 2.24) is 5.32 Å². The van der Waals surface area contributed by atoms with E-state index in [1.165, 1.54) is 12.1 Å². The van der Waals surface area contributed by atoms with E-state index in [0.717, 1.165) is 6.07 Å². The van der Waals surface area contributed by atoms with Crippen molar-refractivity contribution in [2.45, 2.75) is 39.3 Å². The van der Waals surface area contributed by atoms with E-state index < -0.39 is 11.9 Å². The number of benzene rings is 1. The molecular weight excluding hydrogens is 257 g/mol. The first-order chi connectivity index (χ1) is 8.19. The lowest BCUT2D eigenvalue weighted by molar-refractivity contribution is -0.128. The fraction of sp³-hybridized carbons (Fsp3) is 0.462. The summed E-state index contributed by atoms with van der Waals surface area (Å²) in [6, 6.07) is 4.07. The zero-order valence-electron chi connectivity index (χ0n) is 10.9. The molecule has 1 aromatic rings. The fourth-order valence-corrected chi connectivity index (χ4v) is 1.40. The number of hydrogen-bond acceptors (Lipinski definition) is 2. The molecule has 0 spiro atoms. The molecule has 0 heterocycles. The number of halogens is 2. The summed E-state index contributed by atoms with van der Waals surface area (Å²) in [5, 5.41) is 2.80. The van der Waals surface area contributed by atoms with Crippen molar-refractivity contribution in [2.24, 2.45) is 0 Å². The molecule has 0 bridgehead atoms. The van der Waals surface area contributed by atoms with Gasteiger partial charge >= 0.3 is 0 Å². The molecule has 0 saturated carbocycles. The molecule has 1 rings (SSSR count). The van der Waals surface area contributed by atoms with Crippen LogP contribution in [-0.2, 0) is 4.79 Å². The number of amides is 1. The molecule has 100 valence electrons. The molecule has 1 N–H and O–H groups in total. The van der Waals surface area contributed by atoms with Gasteiger partial charge in [-0.05, 0) is 39.8 Å². The number of hydrogen-bond donors (Lipinski definition) is 1. The highest BCUT2D eigenvalue weighted by atomic mass is 35.5. The van der Waals surface area contributed by atoms with Crippen molar-refractivity contribution in [3.05, 3.63) is 29.0 Å². The minimum Gasteiger partial charge on any atom is -0.481 e. The molecule has 0 saturated heterocycles. The predicted molar refractivity (Wildman–Crippen MR) is 69.4 cm³/mol. The second-order valence-corrected chi connectivity index (χ2v) is 5.48. The van der Waals surface area contributed by atoms with E-state index in [-0.39, 0.29) is 22.2 Å². The number of ether oxygens (including phenoxy) is 1. The van der Waals surface area contributed by atoms with Crippen LogP contribution in [0.15, 0.2) is 18.2 Å². The van der Waals surface area contributed by atoms with E-state index in [1.807, 2.05) is 20.8 Å². The van der Waals surface area contributed by atoms with Gasteiger partial charge in [-0.15, -0.1) is 0 Å². The number of nitrogens with one attached hydrogen (secondary N) is 1. The van der Waals surface area contributed by atoms with Crippen LogP contribution in [0.3, 0.4) is 0 Å². The fourth-order valence-electron chi connectivity index (χ4n) is 1.28. The van der Waals surface area contributed by atoms with Crippen LogP contribution in [-0.4, -0.2) is 17.6 Å². The monoisotopic (exact) mass is 273 g/mol. The summed E-state index contributed by atoms with van der Waals surface area (Å²) in [4.78, 5) is 11.8. The minimum atomic E-state index is -0.704. The first-order valence-corrected chi connectivity index (χ1v) is 6.00. The van der Waals surface area contributed by atoms with Crippen LogP contribution in [0.2, 0.25) is 5.02 Å². The Kier molecular flexibility index (Phi) is 4.57. The molecule has 1 atom stereocenters. The van der Waals surface area contributed by atoms with Gasteiger partial charge in [0.05, 0.1) is 5.02 Å². The maximum absolute atomic E-state index is 13.2. The van der Waals surface area contributed by atoms with Gasteiger partial charge in [-0.3, -0.25) is 4.79 Å². The second kappa shape index (κ2) is 5.57. The zero-order chi connectivity index (χ0) is 13.9. The summed E-state index contributed by atoms with van der Waals surface area (Å²) in [5.74, 6) is -0.552. The smallest absolute Gasteiger partial charge is 0.261 e. The van der Waals surface area contributed by atoms with Gasteiger partial charge in [-0.25, -0.2) is 4.39 Å². The standard InChI is InChI=1S/C13H17ClFNO2/c1-8(12(17)16-13(2,3)4)18-9-5-6-10(14)11(15)7-9/h5-8H,1-4H3,(H,16,17). The van der Waals surface area contributed by atoms with Crippen molar-refractivity contribution < 1.29 is 13.9 Å². The average Bonchev–Trinajstić information content (AvgIpc) is 2.21. The average molecular weight is 274 g/mol. The summed E-state index contributed by atoms with van der Waals surface area (Å²) in [6.45, 7) is 7.23. The summed E-state index contributed by atoms with van der Waals surface area (Å²) in [6.07, 6.45) is -0.704. The Morgan fingerprint density at radius 1 is 1.44 bits per heavy atom. The van der Waals surface area contributed by atoms with Crippen LogP contribution in [0, 0.1) is 5.82 Å². The normalized spacial score (nSPS) is 13.0. The zero-order valence-corrected chi connectivity index (χ0v) is 11.6. The van der Waals surface area contributed by atoms with Crippen molar-refractivity contribution in [3.63, 3.8) is 0 Å². The van der Waals surface area contributed by atoms with Crippen LogP contribution < -0.4 is 10.1 Å². The Hall–Kier alpha value is -1.29. The lowest BCUT2D eigenvalue weighted by atomic mass is 10.1. The highest BCUT2D eigenvalue weighted by molar-refractivity contribution is 6.30. The maximum atomic E-state index is 13.2. The molecule has 5 heteroatoms. The lowest BCUT2D eigenvalue weighted by Gasteiger charge is -2.23. The third-order valence-electron chi connectivity index (χ3n) is 2.07. The van der Waals surface area contributed by atoms with E-state index in [0.29, 0.717) is 0 Å². The van der Waals surface area contributed by atoms with E-state index in [9.17, 15) is 9.18 Å². The Morgan fingerprint density at radius 3 is 2.56 bits per heavy atom. The van der Waals surface area contributed by atoms with Gasteiger partial charge in [0, 0.05) is 11.6 Å². The molecule has 1 aromatic carbocycles. The Balaban J connectivity index is 2.66. The summed E-state index contributed by atoms with van der Waals surface area (Å²) >= 11 is 5.56. The molecule has 0 aromatic heterocycles. The molecule has 0 aliphatic heterocycles. The molecule has 18 heavy (non-hydrogen) atoms. The largest absolute Gasteiger partial charge is 0.481 e. The number of rotatable bonds is 3. The molecule has 1 unspecified atom stereocenters. The summed E-state index contributed by atoms with van der Waals surface area (Å²) < 4.78 is 18.5. The van der Waals surface area contributed by atoms with Crippen LogP contribution in [0.1, 0.15) is 27.7 Å². The van der Waals surface area contributed by atoms with Crippen molar-refractivity contribution in [3.8, 4) is 5.75 Å². The van der Waals surface area contributed by atoms with Crippen LogP contribution in [0.25, 0.3) is 0 Å². The van der Waals surface area contributed by atoms with E-state index in [4.69, 9.17) is 16.3 Å². The van der Waals surface area contributed by atoms with Crippen LogP contribution in [0.5, 0.6) is 5.75 Å². The first-order valence-electron chi connectivity index (χ1n) is 5.63.